The SMILES string of the molecule is CN1CC(=O)N(c2ccccc2)C[C@]12CCN(C(=O)N1CCCC1)C2. The normalized spacial score (nSPS) is 27.6. The molecular formula is C19H26N4O2. The summed E-state index contributed by atoms with van der Waals surface area (Å²) in [6, 6.07) is 10.0. The fourth-order valence-corrected chi connectivity index (χ4v) is 4.37. The van der Waals surface area contributed by atoms with Gasteiger partial charge in [0.15, 0.2) is 0 Å². The molecule has 1 spiro atoms. The van der Waals surface area contributed by atoms with Crippen molar-refractivity contribution in [1.82, 2.24) is 14.7 Å². The van der Waals surface area contributed by atoms with Crippen LogP contribution < -0.4 is 4.90 Å². The van der Waals surface area contributed by atoms with Crippen LogP contribution in [0.5, 0.6) is 0 Å². The van der Waals surface area contributed by atoms with Crippen LogP contribution in [-0.2, 0) is 4.79 Å². The Bertz CT molecular complexity index is 659. The van der Waals surface area contributed by atoms with Crippen LogP contribution in [0.1, 0.15) is 19.3 Å². The summed E-state index contributed by atoms with van der Waals surface area (Å²) in [4.78, 5) is 33.3. The van der Waals surface area contributed by atoms with E-state index in [-0.39, 0.29) is 17.5 Å². The number of amides is 3. The molecule has 3 aliphatic heterocycles. The highest BCUT2D eigenvalue weighted by molar-refractivity contribution is 5.96. The monoisotopic (exact) mass is 342 g/mol. The molecule has 1 aromatic carbocycles. The highest BCUT2D eigenvalue weighted by Gasteiger charge is 2.49. The molecule has 0 unspecified atom stereocenters. The number of likely N-dealkylation sites (tertiary alicyclic amines) is 2. The first kappa shape index (κ1) is 16.4. The fourth-order valence-electron chi connectivity index (χ4n) is 4.37. The minimum Gasteiger partial charge on any atom is -0.325 e. The fraction of sp³-hybridized carbons (Fsp3) is 0.579. The Balaban J connectivity index is 1.52. The van der Waals surface area contributed by atoms with Crippen LogP contribution in [0.4, 0.5) is 10.5 Å². The second-order valence-corrected chi connectivity index (χ2v) is 7.54. The summed E-state index contributed by atoms with van der Waals surface area (Å²) in [6.45, 7) is 4.29. The molecule has 0 bridgehead atoms. The van der Waals surface area contributed by atoms with E-state index in [2.05, 4.69) is 4.90 Å². The molecule has 3 saturated heterocycles. The molecule has 3 fully saturated rings. The van der Waals surface area contributed by atoms with Crippen molar-refractivity contribution in [3.63, 3.8) is 0 Å². The molecule has 0 saturated carbocycles. The van der Waals surface area contributed by atoms with E-state index in [0.717, 1.165) is 44.6 Å². The van der Waals surface area contributed by atoms with Crippen molar-refractivity contribution in [2.75, 3.05) is 51.2 Å². The predicted molar refractivity (Wildman–Crippen MR) is 96.5 cm³/mol. The van der Waals surface area contributed by atoms with Crippen LogP contribution in [0.25, 0.3) is 0 Å². The maximum atomic E-state index is 12.7. The Kier molecular flexibility index (Phi) is 4.15. The van der Waals surface area contributed by atoms with Crippen molar-refractivity contribution in [2.24, 2.45) is 0 Å². The number of nitrogens with zero attached hydrogens (tertiary/aromatic N) is 4. The Morgan fingerprint density at radius 2 is 1.72 bits per heavy atom. The van der Waals surface area contributed by atoms with Crippen molar-refractivity contribution in [1.29, 1.82) is 0 Å². The van der Waals surface area contributed by atoms with Gasteiger partial charge < -0.3 is 14.7 Å². The van der Waals surface area contributed by atoms with Gasteiger partial charge in [0.05, 0.1) is 12.1 Å². The zero-order chi connectivity index (χ0) is 17.4. The molecule has 3 heterocycles. The number of rotatable bonds is 1. The van der Waals surface area contributed by atoms with Crippen molar-refractivity contribution in [3.05, 3.63) is 30.3 Å². The molecular weight excluding hydrogens is 316 g/mol. The Morgan fingerprint density at radius 3 is 2.44 bits per heavy atom. The van der Waals surface area contributed by atoms with Gasteiger partial charge in [0.2, 0.25) is 5.91 Å². The summed E-state index contributed by atoms with van der Waals surface area (Å²) in [5, 5.41) is 0. The van der Waals surface area contributed by atoms with Crippen LogP contribution in [0.3, 0.4) is 0 Å². The van der Waals surface area contributed by atoms with Gasteiger partial charge in [0.1, 0.15) is 0 Å². The molecule has 25 heavy (non-hydrogen) atoms. The summed E-state index contributed by atoms with van der Waals surface area (Å²) in [7, 11) is 2.02. The van der Waals surface area contributed by atoms with Crippen LogP contribution in [0.15, 0.2) is 30.3 Å². The van der Waals surface area contributed by atoms with E-state index in [0.29, 0.717) is 19.6 Å². The Morgan fingerprint density at radius 1 is 1.00 bits per heavy atom. The van der Waals surface area contributed by atoms with Crippen molar-refractivity contribution in [2.45, 2.75) is 24.8 Å². The lowest BCUT2D eigenvalue weighted by atomic mass is 9.92. The average molecular weight is 342 g/mol. The minimum absolute atomic E-state index is 0.128. The van der Waals surface area contributed by atoms with Gasteiger partial charge in [-0.05, 0) is 38.4 Å². The standard InChI is InChI=1S/C19H26N4O2/c1-20-13-17(24)23(16-7-3-2-4-8-16)15-19(20)9-12-22(14-19)18(25)21-10-5-6-11-21/h2-4,7-8H,5-6,9-15H2,1H3/t19-/m1/s1. The summed E-state index contributed by atoms with van der Waals surface area (Å²) >= 11 is 0. The number of carbonyl (C=O) groups is 2. The van der Waals surface area contributed by atoms with Crippen LogP contribution in [0, 0.1) is 0 Å². The lowest BCUT2D eigenvalue weighted by Crippen LogP contribution is -2.64. The topological polar surface area (TPSA) is 47.1 Å². The number of piperazine rings is 1. The molecule has 3 amide bonds. The van der Waals surface area contributed by atoms with Gasteiger partial charge in [-0.3, -0.25) is 9.69 Å². The summed E-state index contributed by atoms with van der Waals surface area (Å²) < 4.78 is 0. The molecule has 0 N–H and O–H groups in total. The maximum absolute atomic E-state index is 12.7. The molecule has 6 heteroatoms. The van der Waals surface area contributed by atoms with Gasteiger partial charge in [-0.1, -0.05) is 18.2 Å². The van der Waals surface area contributed by atoms with E-state index in [4.69, 9.17) is 0 Å². The summed E-state index contributed by atoms with van der Waals surface area (Å²) in [5.41, 5.74) is 0.809. The highest BCUT2D eigenvalue weighted by atomic mass is 16.2. The molecule has 0 aromatic heterocycles. The molecule has 3 aliphatic rings. The molecule has 1 aromatic rings. The van der Waals surface area contributed by atoms with Gasteiger partial charge >= 0.3 is 6.03 Å². The van der Waals surface area contributed by atoms with E-state index in [1.54, 1.807) is 0 Å². The van der Waals surface area contributed by atoms with E-state index in [1.165, 1.54) is 0 Å². The third-order valence-corrected chi connectivity index (χ3v) is 5.98. The van der Waals surface area contributed by atoms with Crippen LogP contribution >= 0.6 is 0 Å². The van der Waals surface area contributed by atoms with E-state index < -0.39 is 0 Å². The number of urea groups is 1. The maximum Gasteiger partial charge on any atom is 0.320 e. The van der Waals surface area contributed by atoms with Gasteiger partial charge in [0, 0.05) is 38.4 Å². The second kappa shape index (κ2) is 6.33. The molecule has 1 atom stereocenters. The predicted octanol–water partition coefficient (Wildman–Crippen LogP) is 1.63. The molecule has 4 rings (SSSR count). The molecule has 134 valence electrons. The van der Waals surface area contributed by atoms with Gasteiger partial charge in [-0.25, -0.2) is 4.79 Å². The third-order valence-electron chi connectivity index (χ3n) is 5.98. The summed E-state index contributed by atoms with van der Waals surface area (Å²) in [5.74, 6) is 0.128. The first-order valence-electron chi connectivity index (χ1n) is 9.20. The Labute approximate surface area is 149 Å². The first-order chi connectivity index (χ1) is 12.1. The lowest BCUT2D eigenvalue weighted by molar-refractivity contribution is -0.123. The number of anilines is 1. The zero-order valence-electron chi connectivity index (χ0n) is 14.9. The van der Waals surface area contributed by atoms with Crippen molar-refractivity contribution >= 4 is 17.6 Å². The van der Waals surface area contributed by atoms with Crippen LogP contribution in [0.2, 0.25) is 0 Å². The van der Waals surface area contributed by atoms with Gasteiger partial charge in [-0.2, -0.15) is 0 Å². The molecule has 0 radical (unpaired) electrons. The van der Waals surface area contributed by atoms with E-state index in [9.17, 15) is 9.59 Å². The van der Waals surface area contributed by atoms with Gasteiger partial charge in [-0.15, -0.1) is 0 Å². The van der Waals surface area contributed by atoms with E-state index >= 15 is 0 Å². The Hall–Kier alpha value is -2.08. The number of carbonyl (C=O) groups excluding carboxylic acids is 2. The van der Waals surface area contributed by atoms with Crippen molar-refractivity contribution in [3.8, 4) is 0 Å². The smallest absolute Gasteiger partial charge is 0.320 e. The van der Waals surface area contributed by atoms with Crippen LogP contribution in [-0.4, -0.2) is 78.5 Å². The number of hydrogen-bond acceptors (Lipinski definition) is 3. The average Bonchev–Trinajstić information content (AvgIpc) is 3.30. The minimum atomic E-state index is -0.140. The van der Waals surface area contributed by atoms with E-state index in [1.807, 2.05) is 52.1 Å². The van der Waals surface area contributed by atoms with Gasteiger partial charge in [0.25, 0.3) is 0 Å². The number of hydrogen-bond donors (Lipinski definition) is 0. The largest absolute Gasteiger partial charge is 0.325 e. The van der Waals surface area contributed by atoms with Crippen molar-refractivity contribution < 1.29 is 9.59 Å². The number of benzene rings is 1. The quantitative estimate of drug-likeness (QED) is 0.779. The lowest BCUT2D eigenvalue weighted by Gasteiger charge is -2.46. The molecule has 6 nitrogen and oxygen atoms in total. The second-order valence-electron chi connectivity index (χ2n) is 7.54. The number of para-hydroxylation sites is 1. The zero-order valence-corrected chi connectivity index (χ0v) is 14.9. The highest BCUT2D eigenvalue weighted by Crippen LogP contribution is 2.34. The number of likely N-dealkylation sites (N-methyl/N-ethyl adjacent to an activating group) is 1. The third kappa shape index (κ3) is 2.88. The first-order valence-corrected chi connectivity index (χ1v) is 9.20. The summed E-state index contributed by atoms with van der Waals surface area (Å²) in [6.07, 6.45) is 3.14. The molecule has 0 aliphatic carbocycles.